The van der Waals surface area contributed by atoms with Gasteiger partial charge < -0.3 is 5.32 Å². The van der Waals surface area contributed by atoms with E-state index in [1.54, 1.807) is 11.3 Å². The van der Waals surface area contributed by atoms with Crippen molar-refractivity contribution >= 4 is 28.2 Å². The van der Waals surface area contributed by atoms with Crippen LogP contribution in [0.4, 0.5) is 5.13 Å². The van der Waals surface area contributed by atoms with E-state index in [1.807, 2.05) is 0 Å². The predicted molar refractivity (Wildman–Crippen MR) is 63.2 cm³/mol. The zero-order valence-electron chi connectivity index (χ0n) is 8.32. The minimum Gasteiger partial charge on any atom is -0.360 e. The smallest absolute Gasteiger partial charge is 0.205 e. The molecule has 1 saturated heterocycles. The molecule has 1 N–H and O–H groups in total. The normalized spacial score (nSPS) is 21.4. The Hall–Kier alpha value is -0.290. The van der Waals surface area contributed by atoms with Crippen LogP contribution in [0.25, 0.3) is 0 Å². The first-order chi connectivity index (χ1) is 6.88. The lowest BCUT2D eigenvalue weighted by atomic mass is 10.1. The Morgan fingerprint density at radius 3 is 3.07 bits per heavy atom. The molecule has 0 spiro atoms. The maximum atomic E-state index is 4.10. The Morgan fingerprint density at radius 1 is 1.50 bits per heavy atom. The summed E-state index contributed by atoms with van der Waals surface area (Å²) in [6, 6.07) is 0. The second-order valence-corrected chi connectivity index (χ2v) is 5.68. The number of aromatic nitrogens is 2. The van der Waals surface area contributed by atoms with Crippen molar-refractivity contribution in [3.63, 3.8) is 0 Å². The fourth-order valence-corrected chi connectivity index (χ4v) is 3.41. The van der Waals surface area contributed by atoms with Gasteiger partial charge in [0, 0.05) is 6.54 Å². The Kier molecular flexibility index (Phi) is 3.64. The van der Waals surface area contributed by atoms with Crippen LogP contribution in [0.2, 0.25) is 0 Å². The van der Waals surface area contributed by atoms with Crippen molar-refractivity contribution < 1.29 is 0 Å². The lowest BCUT2D eigenvalue weighted by Gasteiger charge is -2.07. The number of thioether (sulfide) groups is 1. The van der Waals surface area contributed by atoms with E-state index in [0.29, 0.717) is 0 Å². The van der Waals surface area contributed by atoms with Crippen LogP contribution in [0.3, 0.4) is 0 Å². The molecule has 1 aromatic heterocycles. The number of aryl methyl sites for hydroxylation is 1. The van der Waals surface area contributed by atoms with Crippen molar-refractivity contribution in [1.82, 2.24) is 10.2 Å². The fourth-order valence-electron chi connectivity index (χ4n) is 1.44. The third-order valence-corrected chi connectivity index (χ3v) is 4.59. The fraction of sp³-hybridized carbons (Fsp3) is 0.778. The van der Waals surface area contributed by atoms with Crippen molar-refractivity contribution in [2.24, 2.45) is 5.92 Å². The molecule has 0 bridgehead atoms. The average molecular weight is 229 g/mol. The molecule has 3 nitrogen and oxygen atoms in total. The van der Waals surface area contributed by atoms with Crippen LogP contribution < -0.4 is 5.32 Å². The first kappa shape index (κ1) is 10.2. The van der Waals surface area contributed by atoms with Crippen LogP contribution >= 0.6 is 23.1 Å². The van der Waals surface area contributed by atoms with Gasteiger partial charge in [-0.1, -0.05) is 18.3 Å². The SMILES string of the molecule is CCc1nnc(NCC2CCSC2)s1. The lowest BCUT2D eigenvalue weighted by molar-refractivity contribution is 0.631. The molecular weight excluding hydrogens is 214 g/mol. The van der Waals surface area contributed by atoms with Gasteiger partial charge in [-0.25, -0.2) is 0 Å². The van der Waals surface area contributed by atoms with Crippen molar-refractivity contribution in [3.05, 3.63) is 5.01 Å². The summed E-state index contributed by atoms with van der Waals surface area (Å²) >= 11 is 3.73. The molecule has 0 aromatic carbocycles. The second kappa shape index (κ2) is 4.98. The van der Waals surface area contributed by atoms with Crippen molar-refractivity contribution in [1.29, 1.82) is 0 Å². The van der Waals surface area contributed by atoms with E-state index in [0.717, 1.165) is 29.0 Å². The summed E-state index contributed by atoms with van der Waals surface area (Å²) < 4.78 is 0. The first-order valence-electron chi connectivity index (χ1n) is 5.02. The van der Waals surface area contributed by atoms with E-state index in [1.165, 1.54) is 17.9 Å². The summed E-state index contributed by atoms with van der Waals surface area (Å²) in [5.41, 5.74) is 0. The van der Waals surface area contributed by atoms with E-state index < -0.39 is 0 Å². The zero-order valence-corrected chi connectivity index (χ0v) is 9.96. The summed E-state index contributed by atoms with van der Waals surface area (Å²) in [5, 5.41) is 13.7. The van der Waals surface area contributed by atoms with Crippen LogP contribution in [-0.4, -0.2) is 28.2 Å². The summed E-state index contributed by atoms with van der Waals surface area (Å²) in [6.45, 7) is 3.17. The van der Waals surface area contributed by atoms with Crippen molar-refractivity contribution in [2.75, 3.05) is 23.4 Å². The number of hydrogen-bond acceptors (Lipinski definition) is 5. The number of anilines is 1. The lowest BCUT2D eigenvalue weighted by Crippen LogP contribution is -2.13. The highest BCUT2D eigenvalue weighted by atomic mass is 32.2. The predicted octanol–water partition coefficient (Wildman–Crippen LogP) is 2.27. The largest absolute Gasteiger partial charge is 0.360 e. The quantitative estimate of drug-likeness (QED) is 0.859. The van der Waals surface area contributed by atoms with E-state index in [-0.39, 0.29) is 0 Å². The standard InChI is InChI=1S/C9H15N3S2/c1-2-8-11-12-9(14-8)10-5-7-3-4-13-6-7/h7H,2-6H2,1H3,(H,10,12). The molecule has 5 heteroatoms. The summed E-state index contributed by atoms with van der Waals surface area (Å²) in [5.74, 6) is 3.45. The Balaban J connectivity index is 1.79. The molecule has 0 radical (unpaired) electrons. The highest BCUT2D eigenvalue weighted by Crippen LogP contribution is 2.24. The molecule has 78 valence electrons. The van der Waals surface area contributed by atoms with Gasteiger partial charge >= 0.3 is 0 Å². The topological polar surface area (TPSA) is 37.8 Å². The summed E-state index contributed by atoms with van der Waals surface area (Å²) in [6.07, 6.45) is 2.33. The van der Waals surface area contributed by atoms with Gasteiger partial charge in [-0.15, -0.1) is 10.2 Å². The van der Waals surface area contributed by atoms with Crippen molar-refractivity contribution in [2.45, 2.75) is 19.8 Å². The van der Waals surface area contributed by atoms with Gasteiger partial charge in [0.2, 0.25) is 5.13 Å². The molecular formula is C9H15N3S2. The molecule has 2 rings (SSSR count). The molecule has 0 amide bonds. The molecule has 14 heavy (non-hydrogen) atoms. The van der Waals surface area contributed by atoms with Gasteiger partial charge in [-0.2, -0.15) is 11.8 Å². The van der Waals surface area contributed by atoms with E-state index >= 15 is 0 Å². The van der Waals surface area contributed by atoms with Gasteiger partial charge in [0.05, 0.1) is 0 Å². The number of nitrogens with one attached hydrogen (secondary N) is 1. The molecule has 0 saturated carbocycles. The first-order valence-corrected chi connectivity index (χ1v) is 6.99. The molecule has 1 unspecified atom stereocenters. The Bertz CT molecular complexity index is 281. The Morgan fingerprint density at radius 2 is 2.43 bits per heavy atom. The van der Waals surface area contributed by atoms with Crippen LogP contribution in [0.5, 0.6) is 0 Å². The summed E-state index contributed by atoms with van der Waals surface area (Å²) in [7, 11) is 0. The average Bonchev–Trinajstić information content (AvgIpc) is 2.86. The van der Waals surface area contributed by atoms with Gasteiger partial charge in [0.25, 0.3) is 0 Å². The van der Waals surface area contributed by atoms with Gasteiger partial charge in [-0.05, 0) is 30.3 Å². The number of rotatable bonds is 4. The number of nitrogens with zero attached hydrogens (tertiary/aromatic N) is 2. The van der Waals surface area contributed by atoms with E-state index in [2.05, 4.69) is 34.2 Å². The maximum absolute atomic E-state index is 4.10. The van der Waals surface area contributed by atoms with Gasteiger partial charge in [0.15, 0.2) is 0 Å². The van der Waals surface area contributed by atoms with Gasteiger partial charge in [0.1, 0.15) is 5.01 Å². The van der Waals surface area contributed by atoms with Crippen LogP contribution in [0.1, 0.15) is 18.4 Å². The molecule has 1 aromatic rings. The molecule has 2 heterocycles. The molecule has 0 aliphatic carbocycles. The summed E-state index contributed by atoms with van der Waals surface area (Å²) in [4.78, 5) is 0. The molecule has 1 fully saturated rings. The minimum absolute atomic E-state index is 0.828. The van der Waals surface area contributed by atoms with Crippen LogP contribution in [0.15, 0.2) is 0 Å². The third-order valence-electron chi connectivity index (χ3n) is 2.34. The molecule has 1 aliphatic heterocycles. The zero-order chi connectivity index (χ0) is 9.80. The van der Waals surface area contributed by atoms with Gasteiger partial charge in [-0.3, -0.25) is 0 Å². The second-order valence-electron chi connectivity index (χ2n) is 3.47. The third kappa shape index (κ3) is 2.60. The molecule has 1 atom stereocenters. The van der Waals surface area contributed by atoms with Crippen LogP contribution in [-0.2, 0) is 6.42 Å². The Labute approximate surface area is 92.7 Å². The van der Waals surface area contributed by atoms with E-state index in [4.69, 9.17) is 0 Å². The highest BCUT2D eigenvalue weighted by molar-refractivity contribution is 7.99. The van der Waals surface area contributed by atoms with Crippen LogP contribution in [0, 0.1) is 5.92 Å². The highest BCUT2D eigenvalue weighted by Gasteiger charge is 2.15. The number of hydrogen-bond donors (Lipinski definition) is 1. The molecule has 1 aliphatic rings. The maximum Gasteiger partial charge on any atom is 0.205 e. The minimum atomic E-state index is 0.828. The monoisotopic (exact) mass is 229 g/mol. The van der Waals surface area contributed by atoms with Crippen molar-refractivity contribution in [3.8, 4) is 0 Å². The van der Waals surface area contributed by atoms with E-state index in [9.17, 15) is 0 Å².